The van der Waals surface area contributed by atoms with Gasteiger partial charge in [0.05, 0.1) is 0 Å². The summed E-state index contributed by atoms with van der Waals surface area (Å²) in [6.07, 6.45) is 0. The van der Waals surface area contributed by atoms with Crippen LogP contribution in [-0.2, 0) is 4.79 Å². The molecule has 0 rings (SSSR count). The van der Waals surface area contributed by atoms with E-state index >= 15 is 0 Å². The van der Waals surface area contributed by atoms with Crippen molar-refractivity contribution < 1.29 is 16.1 Å². The Hall–Kier alpha value is -0.950. The molecule has 0 aliphatic carbocycles. The third-order valence-electron chi connectivity index (χ3n) is 1.07. The maximum atomic E-state index is 10.3. The van der Waals surface area contributed by atoms with Crippen LogP contribution >= 0.6 is 11.8 Å². The highest BCUT2D eigenvalue weighted by molar-refractivity contribution is 7.99. The lowest BCUT2D eigenvalue weighted by Gasteiger charge is -2.05. The van der Waals surface area contributed by atoms with Gasteiger partial charge in [-0.1, -0.05) is 0 Å². The third-order valence-corrected chi connectivity index (χ3v) is 2.02. The minimum atomic E-state index is -1.10. The van der Waals surface area contributed by atoms with Crippen LogP contribution in [0.1, 0.15) is 1.37 Å². The minimum absolute atomic E-state index is 0.0757. The molecule has 1 unspecified atom stereocenters. The first-order valence-electron chi connectivity index (χ1n) is 4.06. The van der Waals surface area contributed by atoms with E-state index in [1.165, 1.54) is 0 Å². The Labute approximate surface area is 81.4 Å². The number of amides is 2. The average molecular weight is 208 g/mol. The zero-order valence-electron chi connectivity index (χ0n) is 7.90. The lowest BCUT2D eigenvalue weighted by atomic mass is 10.4. The number of nitrogens with two attached hydrogens (primary N) is 2. The van der Waals surface area contributed by atoms with Crippen LogP contribution in [0.25, 0.3) is 0 Å². The number of carbonyl (C=O) groups is 2. The lowest BCUT2D eigenvalue weighted by molar-refractivity contribution is -0.137. The topological polar surface area (TPSA) is 118 Å². The maximum Gasteiger partial charge on any atom is 0.321 e. The molecule has 0 saturated heterocycles. The Morgan fingerprint density at radius 3 is 2.77 bits per heavy atom. The van der Waals surface area contributed by atoms with Crippen molar-refractivity contribution in [3.05, 3.63) is 0 Å². The van der Waals surface area contributed by atoms with Crippen molar-refractivity contribution in [1.82, 2.24) is 5.32 Å². The first-order chi connectivity index (χ1) is 6.43. The van der Waals surface area contributed by atoms with Crippen LogP contribution in [0.3, 0.4) is 0 Å². The van der Waals surface area contributed by atoms with Crippen LogP contribution in [0.2, 0.25) is 0 Å². The van der Waals surface area contributed by atoms with Crippen molar-refractivity contribution in [2.45, 2.75) is 6.04 Å². The number of thioether (sulfide) groups is 1. The molecule has 2 atom stereocenters. The van der Waals surface area contributed by atoms with E-state index in [9.17, 15) is 9.59 Å². The molecule has 0 aromatic heterocycles. The van der Waals surface area contributed by atoms with E-state index in [4.69, 9.17) is 17.9 Å². The zero-order valence-corrected chi connectivity index (χ0v) is 7.71. The molecule has 0 spiro atoms. The van der Waals surface area contributed by atoms with E-state index < -0.39 is 23.8 Å². The molecule has 0 aromatic rings. The van der Waals surface area contributed by atoms with Crippen molar-refractivity contribution >= 4 is 23.8 Å². The number of aliphatic carboxylic acids is 1. The van der Waals surface area contributed by atoms with E-state index in [2.05, 4.69) is 5.32 Å². The highest BCUT2D eigenvalue weighted by Crippen LogP contribution is 2.00. The van der Waals surface area contributed by atoms with Crippen LogP contribution in [0.5, 0.6) is 0 Å². The van der Waals surface area contributed by atoms with Gasteiger partial charge in [0.1, 0.15) is 6.04 Å². The second-order valence-electron chi connectivity index (χ2n) is 2.19. The molecule has 0 aromatic carbocycles. The molecule has 0 bridgehead atoms. The molecule has 6 nitrogen and oxygen atoms in total. The van der Waals surface area contributed by atoms with E-state index in [1.54, 1.807) is 0 Å². The monoisotopic (exact) mass is 208 g/mol. The van der Waals surface area contributed by atoms with Gasteiger partial charge in [-0.05, 0) is 0 Å². The number of nitrogens with one attached hydrogen (secondary N) is 1. The summed E-state index contributed by atoms with van der Waals surface area (Å²) < 4.78 is 7.34. The molecule has 7 heteroatoms. The average Bonchev–Trinajstić information content (AvgIpc) is 2.10. The normalized spacial score (nSPS) is 15.6. The Balaban J connectivity index is 3.58. The van der Waals surface area contributed by atoms with Gasteiger partial charge in [0.25, 0.3) is 0 Å². The van der Waals surface area contributed by atoms with E-state index in [-0.39, 0.29) is 12.3 Å². The molecule has 76 valence electrons. The summed E-state index contributed by atoms with van der Waals surface area (Å²) in [6, 6.07) is -1.69. The van der Waals surface area contributed by atoms with Gasteiger partial charge < -0.3 is 21.9 Å². The van der Waals surface area contributed by atoms with Crippen molar-refractivity contribution in [2.75, 3.05) is 18.0 Å². The van der Waals surface area contributed by atoms with Gasteiger partial charge in [-0.15, -0.1) is 0 Å². The Morgan fingerprint density at radius 1 is 1.69 bits per heavy atom. The zero-order chi connectivity index (χ0) is 11.1. The lowest BCUT2D eigenvalue weighted by Crippen LogP contribution is -2.34. The molecule has 0 fully saturated rings. The van der Waals surface area contributed by atoms with Gasteiger partial charge in [-0.3, -0.25) is 4.79 Å². The molecule has 0 radical (unpaired) electrons. The van der Waals surface area contributed by atoms with Gasteiger partial charge in [-0.2, -0.15) is 11.8 Å². The van der Waals surface area contributed by atoms with Gasteiger partial charge in [0.2, 0.25) is 0 Å². The molecular formula is C6H13N3O3S. The number of hydrogen-bond donors (Lipinski definition) is 4. The largest absolute Gasteiger partial charge is 0.480 e. The third kappa shape index (κ3) is 7.41. The summed E-state index contributed by atoms with van der Waals surface area (Å²) >= 11 is 1.05. The number of urea groups is 1. The summed E-state index contributed by atoms with van der Waals surface area (Å²) in [4.78, 5) is 20.5. The molecule has 0 heterocycles. The predicted octanol–water partition coefficient (Wildman–Crippen LogP) is -1.20. The van der Waals surface area contributed by atoms with E-state index in [1.807, 2.05) is 0 Å². The van der Waals surface area contributed by atoms with Crippen molar-refractivity contribution in [2.24, 2.45) is 11.5 Å². The predicted molar refractivity (Wildman–Crippen MR) is 50.5 cm³/mol. The number of primary amides is 1. The van der Waals surface area contributed by atoms with Gasteiger partial charge in [0.15, 0.2) is 0 Å². The maximum absolute atomic E-state index is 10.3. The van der Waals surface area contributed by atoms with E-state index in [0.717, 1.165) is 11.8 Å². The second kappa shape index (κ2) is 6.55. The van der Waals surface area contributed by atoms with Crippen LogP contribution in [-0.4, -0.2) is 41.2 Å². The Kier molecular flexibility index (Phi) is 5.11. The molecular weight excluding hydrogens is 194 g/mol. The number of carbonyl (C=O) groups excluding carboxylic acids is 1. The smallest absolute Gasteiger partial charge is 0.321 e. The summed E-state index contributed by atoms with van der Waals surface area (Å²) in [5.41, 5.74) is 9.33. The Bertz CT molecular complexity index is 216. The molecule has 0 aliphatic rings. The molecule has 0 aliphatic heterocycles. The summed E-state index contributed by atoms with van der Waals surface area (Å²) in [7, 11) is 0. The van der Waals surface area contributed by atoms with Crippen LogP contribution in [0.15, 0.2) is 0 Å². The fourth-order valence-electron chi connectivity index (χ4n) is 0.444. The van der Waals surface area contributed by atoms with Crippen LogP contribution in [0, 0.1) is 0 Å². The fraction of sp³-hybridized carbons (Fsp3) is 0.667. The number of hydrogen-bond acceptors (Lipinski definition) is 4. The second-order valence-corrected chi connectivity index (χ2v) is 3.19. The van der Waals surface area contributed by atoms with Crippen molar-refractivity contribution in [3.8, 4) is 0 Å². The highest BCUT2D eigenvalue weighted by atomic mass is 32.2. The summed E-state index contributed by atoms with van der Waals surface area (Å²) in [5.74, 6) is -0.975. The Morgan fingerprint density at radius 2 is 2.31 bits per heavy atom. The minimum Gasteiger partial charge on any atom is -0.480 e. The van der Waals surface area contributed by atoms with Gasteiger partial charge in [0, 0.05) is 19.4 Å². The van der Waals surface area contributed by atoms with Gasteiger partial charge >= 0.3 is 12.0 Å². The van der Waals surface area contributed by atoms with Crippen LogP contribution in [0.4, 0.5) is 4.79 Å². The summed E-state index contributed by atoms with van der Waals surface area (Å²) in [6.45, 7) is 0.0757. The van der Waals surface area contributed by atoms with Gasteiger partial charge in [-0.25, -0.2) is 4.79 Å². The first-order valence-corrected chi connectivity index (χ1v) is 4.54. The number of rotatable bonds is 6. The molecule has 6 N–H and O–H groups in total. The number of carboxylic acid groups (broad SMARTS) is 1. The van der Waals surface area contributed by atoms with E-state index in [0.29, 0.717) is 0 Å². The standard InChI is InChI=1S/C6H13N3O3S/c7-4(5(10)11)3-13-2-1-9-6(8)12/h4H,1-3,7H2,(H,10,11)(H3,8,9,12)/t4-/m0/s1/i2D/t2?,4-. The molecule has 2 amide bonds. The van der Waals surface area contributed by atoms with Crippen LogP contribution < -0.4 is 16.8 Å². The van der Waals surface area contributed by atoms with Crippen molar-refractivity contribution in [1.29, 1.82) is 0 Å². The first kappa shape index (κ1) is 10.1. The molecule has 13 heavy (non-hydrogen) atoms. The molecule has 0 saturated carbocycles. The summed E-state index contributed by atoms with van der Waals surface area (Å²) in [5, 5.41) is 10.7. The quantitative estimate of drug-likeness (QED) is 0.437. The van der Waals surface area contributed by atoms with Crippen molar-refractivity contribution in [3.63, 3.8) is 0 Å². The SMILES string of the molecule is [2H]C(CNC(N)=O)SC[C@H](N)C(=O)O. The highest BCUT2D eigenvalue weighted by Gasteiger charge is 2.10. The fourth-order valence-corrected chi connectivity index (χ4v) is 1.13. The number of carboxylic acids is 1.